The Labute approximate surface area is 342 Å². The summed E-state index contributed by atoms with van der Waals surface area (Å²) in [5.74, 6) is 0.174. The molecule has 1 nitrogen and oxygen atoms in total. The fourth-order valence-electron chi connectivity index (χ4n) is 8.20. The Balaban J connectivity index is 3.24. The quantitative estimate of drug-likeness (QED) is 0.0447. The number of carbonyl (C=O) groups is 1. The highest BCUT2D eigenvalue weighted by Crippen LogP contribution is 2.17. The largest absolute Gasteiger partial charge is 0.290 e. The SMILES string of the molecule is CCCCCCCCCCCCCCCCCCCCCCCCC=CC(=O)C=CCCCCCCCCCCCCCCCCCCCCCCCC. The van der Waals surface area contributed by atoms with E-state index in [2.05, 4.69) is 26.0 Å². The highest BCUT2D eigenvalue weighted by atomic mass is 16.1. The summed E-state index contributed by atoms with van der Waals surface area (Å²) in [5, 5.41) is 0. The smallest absolute Gasteiger partial charge is 0.177 e. The zero-order valence-electron chi connectivity index (χ0n) is 37.7. The standard InChI is InChI=1S/C53H102O/c1-3-5-7-9-11-13-15-17-19-21-23-25-27-29-31-33-35-37-39-41-43-45-47-49-51-53(54)52-50-48-46-44-42-40-38-36-34-32-30-28-26-24-22-20-18-16-14-12-10-8-6-4-2/h49-52H,3-48H2,1-2H3. The summed E-state index contributed by atoms with van der Waals surface area (Å²) in [4.78, 5) is 12.1. The van der Waals surface area contributed by atoms with Gasteiger partial charge in [-0.15, -0.1) is 0 Å². The number of allylic oxidation sites excluding steroid dienone is 4. The molecule has 0 aliphatic rings. The summed E-state index contributed by atoms with van der Waals surface area (Å²) in [6.45, 7) is 4.61. The number of rotatable bonds is 48. The van der Waals surface area contributed by atoms with Gasteiger partial charge in [0.05, 0.1) is 0 Å². The van der Waals surface area contributed by atoms with Crippen LogP contribution < -0.4 is 0 Å². The van der Waals surface area contributed by atoms with Gasteiger partial charge >= 0.3 is 0 Å². The summed E-state index contributed by atoms with van der Waals surface area (Å²) in [6.07, 6.45) is 72.8. The molecule has 1 heteroatoms. The van der Waals surface area contributed by atoms with Crippen molar-refractivity contribution in [1.29, 1.82) is 0 Å². The maximum absolute atomic E-state index is 12.1. The molecule has 0 bridgehead atoms. The molecule has 0 saturated heterocycles. The van der Waals surface area contributed by atoms with Gasteiger partial charge in [-0.2, -0.15) is 0 Å². The van der Waals surface area contributed by atoms with Crippen LogP contribution in [0.2, 0.25) is 0 Å². The average Bonchev–Trinajstić information content (AvgIpc) is 3.18. The number of hydrogen-bond donors (Lipinski definition) is 0. The lowest BCUT2D eigenvalue weighted by atomic mass is 10.0. The number of ketones is 1. The molecule has 0 aromatic rings. The third-order valence-corrected chi connectivity index (χ3v) is 12.0. The van der Waals surface area contributed by atoms with Gasteiger partial charge in [-0.3, -0.25) is 4.79 Å². The molecule has 0 N–H and O–H groups in total. The van der Waals surface area contributed by atoms with Crippen molar-refractivity contribution in [2.75, 3.05) is 0 Å². The van der Waals surface area contributed by atoms with E-state index < -0.39 is 0 Å². The van der Waals surface area contributed by atoms with Crippen LogP contribution in [0, 0.1) is 0 Å². The molecule has 320 valence electrons. The molecule has 0 aliphatic carbocycles. The van der Waals surface area contributed by atoms with Gasteiger partial charge < -0.3 is 0 Å². The van der Waals surface area contributed by atoms with Crippen LogP contribution in [0.5, 0.6) is 0 Å². The third-order valence-electron chi connectivity index (χ3n) is 12.0. The number of unbranched alkanes of at least 4 members (excludes halogenated alkanes) is 44. The van der Waals surface area contributed by atoms with Gasteiger partial charge in [0.1, 0.15) is 0 Å². The van der Waals surface area contributed by atoms with E-state index in [0.717, 1.165) is 12.8 Å². The molecule has 0 spiro atoms. The molecule has 0 unspecified atom stereocenters. The van der Waals surface area contributed by atoms with Crippen molar-refractivity contribution in [2.24, 2.45) is 0 Å². The van der Waals surface area contributed by atoms with Crippen LogP contribution in [0.3, 0.4) is 0 Å². The van der Waals surface area contributed by atoms with Gasteiger partial charge in [0, 0.05) is 0 Å². The highest BCUT2D eigenvalue weighted by Gasteiger charge is 1.98. The summed E-state index contributed by atoms with van der Waals surface area (Å²) in [7, 11) is 0. The van der Waals surface area contributed by atoms with Crippen molar-refractivity contribution in [2.45, 2.75) is 309 Å². The average molecular weight is 755 g/mol. The van der Waals surface area contributed by atoms with E-state index in [1.807, 2.05) is 0 Å². The topological polar surface area (TPSA) is 17.1 Å². The van der Waals surface area contributed by atoms with E-state index in [1.54, 1.807) is 12.2 Å². The monoisotopic (exact) mass is 755 g/mol. The van der Waals surface area contributed by atoms with E-state index in [4.69, 9.17) is 0 Å². The van der Waals surface area contributed by atoms with Crippen LogP contribution in [0.15, 0.2) is 24.3 Å². The summed E-state index contributed by atoms with van der Waals surface area (Å²) < 4.78 is 0. The van der Waals surface area contributed by atoms with Crippen LogP contribution in [0.25, 0.3) is 0 Å². The number of hydrogen-bond acceptors (Lipinski definition) is 1. The van der Waals surface area contributed by atoms with E-state index in [9.17, 15) is 4.79 Å². The second-order valence-electron chi connectivity index (χ2n) is 17.6. The van der Waals surface area contributed by atoms with E-state index in [0.29, 0.717) is 0 Å². The first-order chi connectivity index (χ1) is 26.8. The lowest BCUT2D eigenvalue weighted by Crippen LogP contribution is -1.86. The lowest BCUT2D eigenvalue weighted by Gasteiger charge is -2.04. The Bertz CT molecular complexity index is 674. The maximum Gasteiger partial charge on any atom is 0.177 e. The third kappa shape index (κ3) is 49.2. The summed E-state index contributed by atoms with van der Waals surface area (Å²) in [6, 6.07) is 0. The van der Waals surface area contributed by atoms with Crippen LogP contribution in [-0.2, 0) is 4.79 Å². The van der Waals surface area contributed by atoms with E-state index >= 15 is 0 Å². The van der Waals surface area contributed by atoms with Crippen molar-refractivity contribution in [3.8, 4) is 0 Å². The van der Waals surface area contributed by atoms with Crippen molar-refractivity contribution in [1.82, 2.24) is 0 Å². The fraction of sp³-hybridized carbons (Fsp3) is 0.906. The van der Waals surface area contributed by atoms with Crippen molar-refractivity contribution in [3.05, 3.63) is 24.3 Å². The minimum absolute atomic E-state index is 0.174. The maximum atomic E-state index is 12.1. The Morgan fingerprint density at radius 2 is 0.389 bits per heavy atom. The van der Waals surface area contributed by atoms with Crippen LogP contribution in [0.4, 0.5) is 0 Å². The molecule has 0 heterocycles. The second-order valence-corrected chi connectivity index (χ2v) is 17.6. The van der Waals surface area contributed by atoms with Crippen LogP contribution in [0.1, 0.15) is 309 Å². The predicted molar refractivity (Wildman–Crippen MR) is 247 cm³/mol. The van der Waals surface area contributed by atoms with Crippen molar-refractivity contribution >= 4 is 5.78 Å². The minimum Gasteiger partial charge on any atom is -0.290 e. The van der Waals surface area contributed by atoms with Gasteiger partial charge in [-0.1, -0.05) is 296 Å². The van der Waals surface area contributed by atoms with Crippen molar-refractivity contribution < 1.29 is 4.79 Å². The molecule has 54 heavy (non-hydrogen) atoms. The first kappa shape index (κ1) is 53.1. The zero-order chi connectivity index (χ0) is 38.9. The first-order valence-electron chi connectivity index (χ1n) is 25.7. The molecule has 0 aromatic carbocycles. The molecular weight excluding hydrogens is 653 g/mol. The Morgan fingerprint density at radius 3 is 0.556 bits per heavy atom. The van der Waals surface area contributed by atoms with Crippen LogP contribution in [-0.4, -0.2) is 5.78 Å². The fourth-order valence-corrected chi connectivity index (χ4v) is 8.20. The minimum atomic E-state index is 0.174. The molecular formula is C53H102O. The molecule has 0 radical (unpaired) electrons. The molecule has 0 amide bonds. The zero-order valence-corrected chi connectivity index (χ0v) is 37.7. The van der Waals surface area contributed by atoms with Gasteiger partial charge in [-0.25, -0.2) is 0 Å². The first-order valence-corrected chi connectivity index (χ1v) is 25.7. The van der Waals surface area contributed by atoms with Gasteiger partial charge in [-0.05, 0) is 37.8 Å². The van der Waals surface area contributed by atoms with Gasteiger partial charge in [0.2, 0.25) is 0 Å². The molecule has 0 fully saturated rings. The summed E-state index contributed by atoms with van der Waals surface area (Å²) >= 11 is 0. The Hall–Kier alpha value is -0.850. The number of carbonyl (C=O) groups excluding carboxylic acids is 1. The van der Waals surface area contributed by atoms with Gasteiger partial charge in [0.25, 0.3) is 0 Å². The van der Waals surface area contributed by atoms with E-state index in [1.165, 1.54) is 283 Å². The molecule has 0 aliphatic heterocycles. The Kier molecular flexibility index (Phi) is 49.4. The van der Waals surface area contributed by atoms with Crippen LogP contribution >= 0.6 is 0 Å². The molecule has 0 aromatic heterocycles. The summed E-state index contributed by atoms with van der Waals surface area (Å²) in [5.41, 5.74) is 0. The molecule has 0 atom stereocenters. The molecule has 0 saturated carbocycles. The Morgan fingerprint density at radius 1 is 0.241 bits per heavy atom. The molecule has 0 rings (SSSR count). The second kappa shape index (κ2) is 50.2. The predicted octanol–water partition coefficient (Wildman–Crippen LogP) is 19.7. The van der Waals surface area contributed by atoms with Gasteiger partial charge in [0.15, 0.2) is 5.78 Å². The van der Waals surface area contributed by atoms with E-state index in [-0.39, 0.29) is 5.78 Å². The highest BCUT2D eigenvalue weighted by molar-refractivity contribution is 5.99. The lowest BCUT2D eigenvalue weighted by molar-refractivity contribution is -0.110. The van der Waals surface area contributed by atoms with Crippen molar-refractivity contribution in [3.63, 3.8) is 0 Å². The normalized spacial score (nSPS) is 11.9.